The molecule has 1 saturated heterocycles. The summed E-state index contributed by atoms with van der Waals surface area (Å²) in [7, 11) is 0. The van der Waals surface area contributed by atoms with Gasteiger partial charge in [-0.15, -0.1) is 0 Å². The first kappa shape index (κ1) is 49.5. The number of carboxylic acid groups (broad SMARTS) is 3. The van der Waals surface area contributed by atoms with E-state index in [-0.39, 0.29) is 11.3 Å². The molecule has 7 N–H and O–H groups in total. The molecule has 4 unspecified atom stereocenters. The average molecular weight is 828 g/mol. The van der Waals surface area contributed by atoms with Crippen molar-refractivity contribution < 1.29 is 50.1 Å². The Hall–Kier alpha value is -4.91. The molecule has 1 aliphatic heterocycles. The van der Waals surface area contributed by atoms with Crippen LogP contribution in [0.25, 0.3) is 0 Å². The fraction of sp³-hybridized carbons (Fsp3) is 0.449. The van der Waals surface area contributed by atoms with E-state index in [2.05, 4.69) is 88.0 Å². The predicted octanol–water partition coefficient (Wildman–Crippen LogP) is 7.40. The Morgan fingerprint density at radius 1 is 0.633 bits per heavy atom. The topological polar surface area (TPSA) is 196 Å². The van der Waals surface area contributed by atoms with Gasteiger partial charge in [-0.1, -0.05) is 144 Å². The Labute approximate surface area is 355 Å². The van der Waals surface area contributed by atoms with Gasteiger partial charge in [-0.05, 0) is 109 Å². The zero-order valence-corrected chi connectivity index (χ0v) is 35.8. The van der Waals surface area contributed by atoms with Gasteiger partial charge >= 0.3 is 17.9 Å². The molecule has 11 heteroatoms. The van der Waals surface area contributed by atoms with E-state index >= 15 is 0 Å². The summed E-state index contributed by atoms with van der Waals surface area (Å²) in [5.74, 6) is -3.92. The molecule has 1 fully saturated rings. The summed E-state index contributed by atoms with van der Waals surface area (Å²) in [6.45, 7) is 15.6. The number of hydrogen-bond donors (Lipinski definition) is 7. The molecule has 4 aromatic carbocycles. The second kappa shape index (κ2) is 23.2. The van der Waals surface area contributed by atoms with E-state index in [1.807, 2.05) is 60.7 Å². The number of likely N-dealkylation sites (tertiary alicyclic amines) is 1. The van der Waals surface area contributed by atoms with E-state index in [4.69, 9.17) is 25.5 Å². The van der Waals surface area contributed by atoms with Crippen molar-refractivity contribution in [2.45, 2.75) is 109 Å². The van der Waals surface area contributed by atoms with E-state index in [1.54, 1.807) is 6.92 Å². The second-order valence-corrected chi connectivity index (χ2v) is 17.1. The molecule has 0 bridgehead atoms. The number of aliphatic carboxylic acids is 3. The van der Waals surface area contributed by atoms with Crippen LogP contribution in [0, 0.1) is 11.8 Å². The van der Waals surface area contributed by atoms with Gasteiger partial charge in [0.05, 0.1) is 12.0 Å². The zero-order valence-electron chi connectivity index (χ0n) is 35.8. The molecule has 0 spiro atoms. The van der Waals surface area contributed by atoms with Crippen LogP contribution in [0.3, 0.4) is 0 Å². The Kier molecular flexibility index (Phi) is 19.1. The molecular formula is C49H65NO10. The van der Waals surface area contributed by atoms with Gasteiger partial charge in [0.25, 0.3) is 0 Å². The van der Waals surface area contributed by atoms with Gasteiger partial charge in [-0.3, -0.25) is 4.79 Å². The number of benzene rings is 4. The van der Waals surface area contributed by atoms with E-state index < -0.39 is 47.7 Å². The standard InChI is InChI=1S/C32H41NO2.C13H18O2.C4H6O6/c1-31(2,3)26-18-16-25(17-19-26)30(34)15-10-22-33-23-20-29(21-24-33)32(35,27-11-6-4-7-12-27)28-13-8-5-9-14-28;1-9(2)8-11-4-6-12(7-5-11)10(3)13(14)15;5-1(3(7)8)2(6)4(9)10/h4-9,11-14,16-19,29-30,34-35H,10,15,20-24H2,1-3H3;4-7,9-10H,8H2,1-3H3,(H,14,15);1-2,5-6H,(H,7,8)(H,9,10). The van der Waals surface area contributed by atoms with Crippen LogP contribution >= 0.6 is 0 Å². The van der Waals surface area contributed by atoms with Crippen LogP contribution in [0.1, 0.15) is 113 Å². The first-order valence-corrected chi connectivity index (χ1v) is 20.7. The van der Waals surface area contributed by atoms with E-state index in [1.165, 1.54) is 11.1 Å². The summed E-state index contributed by atoms with van der Waals surface area (Å²) in [6, 6.07) is 36.6. The van der Waals surface area contributed by atoms with Crippen LogP contribution in [-0.4, -0.2) is 90.4 Å². The lowest BCUT2D eigenvalue weighted by atomic mass is 9.72. The summed E-state index contributed by atoms with van der Waals surface area (Å²) < 4.78 is 0. The first-order valence-electron chi connectivity index (χ1n) is 20.7. The van der Waals surface area contributed by atoms with Crippen molar-refractivity contribution in [1.29, 1.82) is 0 Å². The summed E-state index contributed by atoms with van der Waals surface area (Å²) in [4.78, 5) is 32.8. The number of carboxylic acids is 3. The zero-order chi connectivity index (χ0) is 44.6. The van der Waals surface area contributed by atoms with Crippen molar-refractivity contribution >= 4 is 17.9 Å². The Morgan fingerprint density at radius 2 is 1.08 bits per heavy atom. The molecule has 4 atom stereocenters. The highest BCUT2D eigenvalue weighted by molar-refractivity contribution is 5.83. The SMILES string of the molecule is CC(C)(C)c1ccc(C(O)CCCN2CCC(C(O)(c3ccccc3)c3ccccc3)CC2)cc1.CC(C)Cc1ccc(C(C)C(=O)O)cc1.O=C(O)C(O)C(O)C(=O)O. The minimum absolute atomic E-state index is 0.128. The Bertz CT molecular complexity index is 1830. The molecule has 0 amide bonds. The summed E-state index contributed by atoms with van der Waals surface area (Å²) in [5, 5.41) is 64.1. The van der Waals surface area contributed by atoms with Crippen LogP contribution < -0.4 is 0 Å². The molecule has 0 aromatic heterocycles. The number of carbonyl (C=O) groups is 3. The van der Waals surface area contributed by atoms with Gasteiger partial charge in [0.15, 0.2) is 12.2 Å². The first-order chi connectivity index (χ1) is 28.2. The fourth-order valence-corrected chi connectivity index (χ4v) is 7.30. The van der Waals surface area contributed by atoms with Gasteiger partial charge in [0.1, 0.15) is 5.60 Å². The van der Waals surface area contributed by atoms with Crippen LogP contribution in [-0.2, 0) is 31.8 Å². The third kappa shape index (κ3) is 14.7. The van der Waals surface area contributed by atoms with Crippen LogP contribution in [0.4, 0.5) is 0 Å². The number of nitrogens with zero attached hydrogens (tertiary/aromatic N) is 1. The summed E-state index contributed by atoms with van der Waals surface area (Å²) in [6.07, 6.45) is -0.255. The number of aliphatic hydroxyl groups excluding tert-OH is 3. The number of piperidine rings is 1. The van der Waals surface area contributed by atoms with Gasteiger partial charge in [-0.2, -0.15) is 0 Å². The van der Waals surface area contributed by atoms with Gasteiger partial charge in [-0.25, -0.2) is 9.59 Å². The largest absolute Gasteiger partial charge is 0.481 e. The van der Waals surface area contributed by atoms with Crippen LogP contribution in [0.5, 0.6) is 0 Å². The minimum Gasteiger partial charge on any atom is -0.481 e. The molecule has 1 heterocycles. The third-order valence-corrected chi connectivity index (χ3v) is 11.0. The average Bonchev–Trinajstić information content (AvgIpc) is 3.23. The fourth-order valence-electron chi connectivity index (χ4n) is 7.30. The molecule has 11 nitrogen and oxygen atoms in total. The van der Waals surface area contributed by atoms with Gasteiger partial charge < -0.3 is 40.6 Å². The number of hydrogen-bond acceptors (Lipinski definition) is 8. The third-order valence-electron chi connectivity index (χ3n) is 11.0. The van der Waals surface area contributed by atoms with Crippen molar-refractivity contribution in [2.75, 3.05) is 19.6 Å². The normalized spacial score (nSPS) is 15.7. The van der Waals surface area contributed by atoms with Gasteiger partial charge in [0, 0.05) is 0 Å². The minimum atomic E-state index is -2.27. The maximum Gasteiger partial charge on any atom is 0.335 e. The molecule has 326 valence electrons. The summed E-state index contributed by atoms with van der Waals surface area (Å²) in [5.41, 5.74) is 5.55. The Morgan fingerprint density at radius 3 is 1.48 bits per heavy atom. The number of aliphatic hydroxyl groups is 4. The van der Waals surface area contributed by atoms with Crippen molar-refractivity contribution in [3.05, 3.63) is 143 Å². The molecule has 4 aromatic rings. The molecular weight excluding hydrogens is 763 g/mol. The lowest BCUT2D eigenvalue weighted by Crippen LogP contribution is -2.44. The number of rotatable bonds is 15. The van der Waals surface area contributed by atoms with Gasteiger partial charge in [0.2, 0.25) is 0 Å². The van der Waals surface area contributed by atoms with E-state index in [9.17, 15) is 24.6 Å². The highest BCUT2D eigenvalue weighted by Crippen LogP contribution is 2.42. The molecule has 5 rings (SSSR count). The van der Waals surface area contributed by atoms with E-state index in [0.29, 0.717) is 5.92 Å². The van der Waals surface area contributed by atoms with Crippen molar-refractivity contribution in [3.63, 3.8) is 0 Å². The summed E-state index contributed by atoms with van der Waals surface area (Å²) >= 11 is 0. The highest BCUT2D eigenvalue weighted by atomic mass is 16.4. The van der Waals surface area contributed by atoms with E-state index in [0.717, 1.165) is 74.0 Å². The monoisotopic (exact) mass is 827 g/mol. The molecule has 1 aliphatic rings. The second-order valence-electron chi connectivity index (χ2n) is 17.1. The predicted molar refractivity (Wildman–Crippen MR) is 233 cm³/mol. The molecule has 0 radical (unpaired) electrons. The smallest absolute Gasteiger partial charge is 0.335 e. The highest BCUT2D eigenvalue weighted by Gasteiger charge is 2.41. The van der Waals surface area contributed by atoms with Crippen LogP contribution in [0.2, 0.25) is 0 Å². The maximum absolute atomic E-state index is 12.1. The lowest BCUT2D eigenvalue weighted by molar-refractivity contribution is -0.165. The van der Waals surface area contributed by atoms with Crippen molar-refractivity contribution in [1.82, 2.24) is 4.90 Å². The quantitative estimate of drug-likeness (QED) is 0.0631. The maximum atomic E-state index is 12.1. The Balaban J connectivity index is 0.000000315. The molecule has 60 heavy (non-hydrogen) atoms. The van der Waals surface area contributed by atoms with Crippen molar-refractivity contribution in [3.8, 4) is 0 Å². The lowest BCUT2D eigenvalue weighted by Gasteiger charge is -2.42. The van der Waals surface area contributed by atoms with Crippen LogP contribution in [0.15, 0.2) is 109 Å². The van der Waals surface area contributed by atoms with Crippen molar-refractivity contribution in [2.24, 2.45) is 11.8 Å². The molecule has 0 saturated carbocycles. The molecule has 0 aliphatic carbocycles.